The third kappa shape index (κ3) is 6.78. The van der Waals surface area contributed by atoms with E-state index in [2.05, 4.69) is 9.83 Å². The number of benzene rings is 3. The molecule has 0 heterocycles. The van der Waals surface area contributed by atoms with Crippen molar-refractivity contribution in [2.24, 2.45) is 4.99 Å². The van der Waals surface area contributed by atoms with Gasteiger partial charge in [0.2, 0.25) is 11.8 Å². The van der Waals surface area contributed by atoms with Gasteiger partial charge in [-0.15, -0.1) is 15.3 Å². The largest absolute Gasteiger partial charge is 0.425 e. The van der Waals surface area contributed by atoms with Crippen molar-refractivity contribution < 1.29 is 37.7 Å². The number of quaternary nitrogens is 1. The minimum Gasteiger partial charge on any atom is -0.281 e. The zero-order valence-corrected chi connectivity index (χ0v) is 20.7. The highest BCUT2D eigenvalue weighted by Gasteiger charge is 2.50. The van der Waals surface area contributed by atoms with Crippen LogP contribution in [0.15, 0.2) is 71.7 Å². The van der Waals surface area contributed by atoms with E-state index >= 15 is 0 Å². The molecule has 0 radical (unpaired) electrons. The van der Waals surface area contributed by atoms with Crippen molar-refractivity contribution in [1.29, 1.82) is 0 Å². The monoisotopic (exact) mass is 536 g/mol. The minimum absolute atomic E-state index is 0.151. The molecule has 0 aliphatic rings. The van der Waals surface area contributed by atoms with E-state index in [1.54, 1.807) is 13.0 Å². The van der Waals surface area contributed by atoms with Gasteiger partial charge in [0.25, 0.3) is 5.69 Å². The van der Waals surface area contributed by atoms with Crippen LogP contribution in [0.4, 0.5) is 28.9 Å². The summed E-state index contributed by atoms with van der Waals surface area (Å²) in [5.74, 6) is -0.495. The molecule has 0 aliphatic heterocycles. The number of hydrogen-bond donors (Lipinski definition) is 2. The number of non-ortho nitro benzene ring substituents is 1. The summed E-state index contributed by atoms with van der Waals surface area (Å²) in [6, 6.07) is 12.7. The van der Waals surface area contributed by atoms with Crippen molar-refractivity contribution in [2.75, 3.05) is 0 Å². The maximum absolute atomic E-state index is 14.0. The highest BCUT2D eigenvalue weighted by Crippen LogP contribution is 2.39. The van der Waals surface area contributed by atoms with Crippen molar-refractivity contribution in [2.45, 2.75) is 45.5 Å². The Balaban J connectivity index is 2.02. The lowest BCUT2D eigenvalue weighted by molar-refractivity contribution is -0.505. The molecular formula is C26H26F4N3O5+. The van der Waals surface area contributed by atoms with Gasteiger partial charge in [0.05, 0.1) is 10.6 Å². The van der Waals surface area contributed by atoms with E-state index in [0.717, 1.165) is 30.3 Å². The van der Waals surface area contributed by atoms with E-state index in [0.29, 0.717) is 28.8 Å². The summed E-state index contributed by atoms with van der Waals surface area (Å²) in [4.78, 5) is 16.8. The first kappa shape index (κ1) is 28.9. The Labute approximate surface area is 215 Å². The summed E-state index contributed by atoms with van der Waals surface area (Å²) in [6.45, 7) is 5.32. The van der Waals surface area contributed by atoms with Crippen LogP contribution in [-0.4, -0.2) is 33.3 Å². The maximum atomic E-state index is 14.0. The zero-order chi connectivity index (χ0) is 28.3. The second kappa shape index (κ2) is 11.4. The molecule has 0 saturated carbocycles. The lowest BCUT2D eigenvalue weighted by atomic mass is 9.94. The molecular weight excluding hydrogens is 510 g/mol. The van der Waals surface area contributed by atoms with Crippen LogP contribution in [-0.2, 0) is 4.84 Å². The van der Waals surface area contributed by atoms with Gasteiger partial charge in [-0.1, -0.05) is 37.3 Å². The fourth-order valence-corrected chi connectivity index (χ4v) is 3.65. The highest BCUT2D eigenvalue weighted by molar-refractivity contribution is 6.13. The lowest BCUT2D eigenvalue weighted by Gasteiger charge is -2.26. The Morgan fingerprint density at radius 2 is 1.76 bits per heavy atom. The summed E-state index contributed by atoms with van der Waals surface area (Å²) in [7, 11) is 0. The molecule has 2 unspecified atom stereocenters. The zero-order valence-electron chi connectivity index (χ0n) is 20.7. The third-order valence-electron chi connectivity index (χ3n) is 5.79. The molecule has 0 saturated heterocycles. The summed E-state index contributed by atoms with van der Waals surface area (Å²) in [6.07, 6.45) is -7.18. The maximum Gasteiger partial charge on any atom is 0.425 e. The Hall–Kier alpha value is -3.71. The minimum atomic E-state index is -5.07. The molecule has 3 rings (SSSR count). The van der Waals surface area contributed by atoms with Gasteiger partial charge in [0, 0.05) is 41.4 Å². The summed E-state index contributed by atoms with van der Waals surface area (Å²) in [5.41, 5.74) is 0.235. The number of nitro benzene ring substituents is 1. The Bertz CT molecular complexity index is 1330. The number of alkyl halides is 3. The van der Waals surface area contributed by atoms with Crippen molar-refractivity contribution in [3.8, 4) is 0 Å². The standard InChI is InChI=1S/C26H26F4N3O5/c1-4-17(3)31-24(18-6-5-7-20(27)15-18)23-13-8-19(14-16(23)2)25(26(28,29)30)38-33(36,37)22-11-9-21(10-12-22)32(34)35/h5-15,17,25,36-37H,4H2,1-3H3/q+1. The molecule has 8 nitrogen and oxygen atoms in total. The molecule has 0 amide bonds. The molecule has 3 aromatic rings. The van der Waals surface area contributed by atoms with Gasteiger partial charge in [-0.05, 0) is 43.5 Å². The van der Waals surface area contributed by atoms with Gasteiger partial charge in [-0.3, -0.25) is 15.1 Å². The quantitative estimate of drug-likeness (QED) is 0.101. The van der Waals surface area contributed by atoms with E-state index in [1.807, 2.05) is 13.8 Å². The van der Waals surface area contributed by atoms with Gasteiger partial charge in [-0.2, -0.15) is 13.2 Å². The number of nitrogens with zero attached hydrogens (tertiary/aromatic N) is 3. The summed E-state index contributed by atoms with van der Waals surface area (Å²) in [5, 5.41) is 31.4. The average Bonchev–Trinajstić information content (AvgIpc) is 2.85. The predicted octanol–water partition coefficient (Wildman–Crippen LogP) is 7.00. The van der Waals surface area contributed by atoms with Crippen LogP contribution in [0.25, 0.3) is 0 Å². The summed E-state index contributed by atoms with van der Waals surface area (Å²) >= 11 is 0. The van der Waals surface area contributed by atoms with Crippen molar-refractivity contribution in [3.63, 3.8) is 0 Å². The van der Waals surface area contributed by atoms with Crippen molar-refractivity contribution in [1.82, 2.24) is 4.97 Å². The fraction of sp³-hybridized carbons (Fsp3) is 0.269. The van der Waals surface area contributed by atoms with Gasteiger partial charge < -0.3 is 0 Å². The predicted molar refractivity (Wildman–Crippen MR) is 131 cm³/mol. The van der Waals surface area contributed by atoms with Crippen LogP contribution in [0.2, 0.25) is 0 Å². The molecule has 2 N–H and O–H groups in total. The molecule has 12 heteroatoms. The summed E-state index contributed by atoms with van der Waals surface area (Å²) < 4.78 is 56.0. The average molecular weight is 537 g/mol. The van der Waals surface area contributed by atoms with Gasteiger partial charge in [0.1, 0.15) is 10.8 Å². The first-order chi connectivity index (χ1) is 17.7. The van der Waals surface area contributed by atoms with E-state index in [9.17, 15) is 38.1 Å². The normalized spacial score (nSPS) is 14.3. The topological polar surface area (TPSA) is 105 Å². The molecule has 0 spiro atoms. The molecule has 202 valence electrons. The molecule has 0 aromatic heterocycles. The molecule has 0 bridgehead atoms. The first-order valence-electron chi connectivity index (χ1n) is 11.5. The molecule has 2 atom stereocenters. The Kier molecular flexibility index (Phi) is 8.62. The van der Waals surface area contributed by atoms with Crippen LogP contribution < -0.4 is 4.97 Å². The lowest BCUT2D eigenvalue weighted by Crippen LogP contribution is -2.46. The van der Waals surface area contributed by atoms with Crippen LogP contribution in [0.1, 0.15) is 48.6 Å². The second-order valence-corrected chi connectivity index (χ2v) is 8.66. The Morgan fingerprint density at radius 1 is 1.11 bits per heavy atom. The molecule has 38 heavy (non-hydrogen) atoms. The highest BCUT2D eigenvalue weighted by atomic mass is 19.4. The second-order valence-electron chi connectivity index (χ2n) is 8.66. The van der Waals surface area contributed by atoms with Crippen LogP contribution in [0.3, 0.4) is 0 Å². The number of aryl methyl sites for hydroxylation is 1. The van der Waals surface area contributed by atoms with E-state index in [1.165, 1.54) is 30.3 Å². The SMILES string of the molecule is CCC(C)N=C(c1cccc(F)c1)c1ccc(C(O[N+](O)(O)c2ccc([N+](=O)[O-])cc2)C(F)(F)F)cc1C. The van der Waals surface area contributed by atoms with Gasteiger partial charge in [0.15, 0.2) is 0 Å². The molecule has 0 fully saturated rings. The fourth-order valence-electron chi connectivity index (χ4n) is 3.65. The number of rotatable bonds is 9. The van der Waals surface area contributed by atoms with Crippen molar-refractivity contribution >= 4 is 17.1 Å². The first-order valence-corrected chi connectivity index (χ1v) is 11.5. The van der Waals surface area contributed by atoms with Crippen LogP contribution in [0, 0.1) is 22.9 Å². The third-order valence-corrected chi connectivity index (χ3v) is 5.79. The van der Waals surface area contributed by atoms with Gasteiger partial charge in [-0.25, -0.2) is 4.39 Å². The van der Waals surface area contributed by atoms with Crippen LogP contribution >= 0.6 is 0 Å². The number of nitro groups is 1. The van der Waals surface area contributed by atoms with E-state index < -0.39 is 44.9 Å². The van der Waals surface area contributed by atoms with Crippen LogP contribution in [0.5, 0.6) is 0 Å². The number of hydrogen-bond acceptors (Lipinski definition) is 6. The smallest absolute Gasteiger partial charge is 0.281 e. The molecule has 3 aromatic carbocycles. The molecule has 0 aliphatic carbocycles. The Morgan fingerprint density at radius 3 is 2.29 bits per heavy atom. The number of aliphatic imine (C=N–C) groups is 1. The van der Waals surface area contributed by atoms with Gasteiger partial charge >= 0.3 is 6.18 Å². The number of halogens is 4. The van der Waals surface area contributed by atoms with E-state index in [-0.39, 0.29) is 6.04 Å². The van der Waals surface area contributed by atoms with Crippen molar-refractivity contribution in [3.05, 3.63) is 105 Å². The van der Waals surface area contributed by atoms with E-state index in [4.69, 9.17) is 0 Å².